The first kappa shape index (κ1) is 13.3. The molecular weight excluding hydrogens is 241 g/mol. The van der Waals surface area contributed by atoms with Gasteiger partial charge in [0.1, 0.15) is 11.9 Å². The highest BCUT2D eigenvalue weighted by atomic mass is 19.1. The predicted octanol–water partition coefficient (Wildman–Crippen LogP) is 4.63. The Labute approximate surface area is 112 Å². The average molecular weight is 255 g/mol. The maximum atomic E-state index is 12.9. The van der Waals surface area contributed by atoms with E-state index in [-0.39, 0.29) is 19.3 Å². The fourth-order valence-corrected chi connectivity index (χ4v) is 2.22. The van der Waals surface area contributed by atoms with E-state index in [1.807, 2.05) is 12.1 Å². The Balaban J connectivity index is 0.00000133. The number of rotatable bonds is 1. The number of hydrogen-bond acceptors (Lipinski definition) is 1. The van der Waals surface area contributed by atoms with Crippen molar-refractivity contribution in [1.82, 2.24) is 0 Å². The number of hydrogen-bond donors (Lipinski definition) is 0. The summed E-state index contributed by atoms with van der Waals surface area (Å²) in [4.78, 5) is 3.40. The zero-order chi connectivity index (χ0) is 12.5. The van der Waals surface area contributed by atoms with E-state index in [1.54, 1.807) is 18.2 Å². The Morgan fingerprint density at radius 3 is 2.58 bits per heavy atom. The number of nitrogens with zero attached hydrogens (tertiary/aromatic N) is 1. The molecule has 1 unspecified atom stereocenters. The highest BCUT2D eigenvalue weighted by Gasteiger charge is 2.24. The van der Waals surface area contributed by atoms with Crippen molar-refractivity contribution in [2.45, 2.75) is 20.1 Å². The molecule has 19 heavy (non-hydrogen) atoms. The molecule has 0 aliphatic carbocycles. The minimum absolute atomic E-state index is 0. The van der Waals surface area contributed by atoms with E-state index in [0.717, 1.165) is 16.7 Å². The minimum atomic E-state index is -0.250. The quantitative estimate of drug-likeness (QED) is 0.677. The molecule has 3 heteroatoms. The summed E-state index contributed by atoms with van der Waals surface area (Å²) >= 11 is 0. The Kier molecular flexibility index (Phi) is 3.64. The molecular formula is C16H14FNO. The zero-order valence-corrected chi connectivity index (χ0v) is 9.56. The largest absolute Gasteiger partial charge is 0.364 e. The van der Waals surface area contributed by atoms with Crippen molar-refractivity contribution in [2.24, 2.45) is 0 Å². The van der Waals surface area contributed by atoms with E-state index in [0.29, 0.717) is 12.3 Å². The lowest BCUT2D eigenvalue weighted by atomic mass is 9.99. The van der Waals surface area contributed by atoms with E-state index in [1.165, 1.54) is 12.1 Å². The van der Waals surface area contributed by atoms with Crippen LogP contribution in [0.2, 0.25) is 0 Å². The molecule has 0 saturated heterocycles. The summed E-state index contributed by atoms with van der Waals surface area (Å²) in [6, 6.07) is 11.9. The molecule has 0 bridgehead atoms. The lowest BCUT2D eigenvalue weighted by Gasteiger charge is -2.11. The number of fused-ring (bicyclic) bond motifs is 1. The monoisotopic (exact) mass is 255 g/mol. The van der Waals surface area contributed by atoms with E-state index in [4.69, 9.17) is 11.3 Å². The van der Waals surface area contributed by atoms with Crippen LogP contribution in [0.5, 0.6) is 0 Å². The van der Waals surface area contributed by atoms with Crippen molar-refractivity contribution >= 4 is 5.69 Å². The Morgan fingerprint density at radius 2 is 1.89 bits per heavy atom. The summed E-state index contributed by atoms with van der Waals surface area (Å²) < 4.78 is 18.6. The topological polar surface area (TPSA) is 13.6 Å². The molecule has 96 valence electrons. The van der Waals surface area contributed by atoms with Crippen LogP contribution in [-0.4, -0.2) is 0 Å². The van der Waals surface area contributed by atoms with Gasteiger partial charge in [-0.1, -0.05) is 37.8 Å². The Morgan fingerprint density at radius 1 is 1.16 bits per heavy atom. The van der Waals surface area contributed by atoms with E-state index in [2.05, 4.69) is 4.85 Å². The van der Waals surface area contributed by atoms with Gasteiger partial charge in [-0.3, -0.25) is 0 Å². The summed E-state index contributed by atoms with van der Waals surface area (Å²) in [6.07, 6.45) is -0.152. The van der Waals surface area contributed by atoms with Crippen LogP contribution in [0.15, 0.2) is 42.5 Å². The molecule has 0 amide bonds. The van der Waals surface area contributed by atoms with E-state index < -0.39 is 0 Å². The third kappa shape index (κ3) is 2.35. The van der Waals surface area contributed by atoms with Gasteiger partial charge in [0.05, 0.1) is 13.2 Å². The standard InChI is InChI=1S/C15H10FNO.CH4/c1-17-13-6-7-14-11(8-13)9-18-15(14)10-2-4-12(16)5-3-10;/h2-8,15H,9H2;1H4. The van der Waals surface area contributed by atoms with Crippen LogP contribution in [0.3, 0.4) is 0 Å². The van der Waals surface area contributed by atoms with Crippen LogP contribution in [0.4, 0.5) is 10.1 Å². The molecule has 0 saturated carbocycles. The first-order chi connectivity index (χ1) is 8.78. The van der Waals surface area contributed by atoms with Gasteiger partial charge in [-0.15, -0.1) is 0 Å². The van der Waals surface area contributed by atoms with Gasteiger partial charge < -0.3 is 4.74 Å². The van der Waals surface area contributed by atoms with Crippen LogP contribution >= 0.6 is 0 Å². The average Bonchev–Trinajstić information content (AvgIpc) is 2.82. The molecule has 1 aliphatic rings. The Hall–Kier alpha value is -2.18. The van der Waals surface area contributed by atoms with Crippen molar-refractivity contribution in [3.63, 3.8) is 0 Å². The number of benzene rings is 2. The third-order valence-electron chi connectivity index (χ3n) is 3.12. The van der Waals surface area contributed by atoms with Crippen LogP contribution in [0.25, 0.3) is 4.85 Å². The zero-order valence-electron chi connectivity index (χ0n) is 9.56. The molecule has 2 aromatic rings. The number of halogens is 1. The normalized spacial score (nSPS) is 16.3. The van der Waals surface area contributed by atoms with Crippen molar-refractivity contribution in [3.05, 3.63) is 76.4 Å². The maximum Gasteiger partial charge on any atom is 0.187 e. The first-order valence-electron chi connectivity index (χ1n) is 5.65. The van der Waals surface area contributed by atoms with Gasteiger partial charge in [-0.25, -0.2) is 9.24 Å². The summed E-state index contributed by atoms with van der Waals surface area (Å²) in [5, 5.41) is 0. The number of ether oxygens (including phenoxy) is 1. The minimum Gasteiger partial charge on any atom is -0.364 e. The SMILES string of the molecule is C.[C-]#[N+]c1ccc2c(c1)COC2c1ccc(F)cc1. The molecule has 2 aromatic carbocycles. The van der Waals surface area contributed by atoms with Gasteiger partial charge in [0.25, 0.3) is 0 Å². The fraction of sp³-hybridized carbons (Fsp3) is 0.188. The predicted molar refractivity (Wildman–Crippen MR) is 72.5 cm³/mol. The van der Waals surface area contributed by atoms with Crippen LogP contribution in [-0.2, 0) is 11.3 Å². The highest BCUT2D eigenvalue weighted by Crippen LogP contribution is 2.37. The maximum absolute atomic E-state index is 12.9. The molecule has 0 fully saturated rings. The second-order valence-corrected chi connectivity index (χ2v) is 4.24. The molecule has 2 nitrogen and oxygen atoms in total. The van der Waals surface area contributed by atoms with Crippen molar-refractivity contribution in [2.75, 3.05) is 0 Å². The van der Waals surface area contributed by atoms with Crippen molar-refractivity contribution in [1.29, 1.82) is 0 Å². The second kappa shape index (κ2) is 5.21. The molecule has 1 heterocycles. The van der Waals surface area contributed by atoms with E-state index >= 15 is 0 Å². The Bertz CT molecular complexity index is 628. The van der Waals surface area contributed by atoms with Gasteiger partial charge in [0.15, 0.2) is 5.69 Å². The third-order valence-corrected chi connectivity index (χ3v) is 3.12. The highest BCUT2D eigenvalue weighted by molar-refractivity contribution is 5.52. The van der Waals surface area contributed by atoms with Crippen LogP contribution < -0.4 is 0 Å². The molecule has 3 rings (SSSR count). The molecule has 0 N–H and O–H groups in total. The fourth-order valence-electron chi connectivity index (χ4n) is 2.22. The smallest absolute Gasteiger partial charge is 0.187 e. The molecule has 0 spiro atoms. The van der Waals surface area contributed by atoms with Gasteiger partial charge >= 0.3 is 0 Å². The van der Waals surface area contributed by atoms with Gasteiger partial charge in [-0.05, 0) is 28.8 Å². The second-order valence-electron chi connectivity index (χ2n) is 4.24. The van der Waals surface area contributed by atoms with Crippen molar-refractivity contribution in [3.8, 4) is 0 Å². The summed E-state index contributed by atoms with van der Waals surface area (Å²) in [5.41, 5.74) is 3.66. The van der Waals surface area contributed by atoms with E-state index in [9.17, 15) is 4.39 Å². The summed E-state index contributed by atoms with van der Waals surface area (Å²) in [5.74, 6) is -0.250. The van der Waals surface area contributed by atoms with Crippen molar-refractivity contribution < 1.29 is 9.13 Å². The van der Waals surface area contributed by atoms with Crippen LogP contribution in [0, 0.1) is 12.4 Å². The van der Waals surface area contributed by atoms with Gasteiger partial charge in [-0.2, -0.15) is 0 Å². The molecule has 0 aromatic heterocycles. The lowest BCUT2D eigenvalue weighted by Crippen LogP contribution is -1.98. The molecule has 1 aliphatic heterocycles. The molecule has 0 radical (unpaired) electrons. The molecule has 1 atom stereocenters. The first-order valence-corrected chi connectivity index (χ1v) is 5.65. The van der Waals surface area contributed by atoms with Gasteiger partial charge in [0, 0.05) is 0 Å². The van der Waals surface area contributed by atoms with Crippen LogP contribution in [0.1, 0.15) is 30.2 Å². The van der Waals surface area contributed by atoms with Gasteiger partial charge in [0.2, 0.25) is 0 Å². The lowest BCUT2D eigenvalue weighted by molar-refractivity contribution is 0.0939. The summed E-state index contributed by atoms with van der Waals surface area (Å²) in [6.45, 7) is 7.49. The summed E-state index contributed by atoms with van der Waals surface area (Å²) in [7, 11) is 0.